The maximum absolute atomic E-state index is 5.92. The van der Waals surface area contributed by atoms with Gasteiger partial charge in [0.2, 0.25) is 11.2 Å². The SMILES string of the molecule is CN1CCC(Oc2nc(Cl)nc3nc[nH]c23)CC1. The third-order valence-corrected chi connectivity index (χ3v) is 3.34. The molecule has 96 valence electrons. The Kier molecular flexibility index (Phi) is 3.05. The standard InChI is InChI=1S/C11H14ClN5O/c1-17-4-2-7(3-5-17)18-10-8-9(14-6-13-8)15-11(12)16-10/h6-7H,2-5H2,1H3,(H,13,14,15,16). The molecule has 3 rings (SSSR count). The van der Waals surface area contributed by atoms with Crippen LogP contribution in [0.1, 0.15) is 12.8 Å². The first-order valence-electron chi connectivity index (χ1n) is 5.94. The molecule has 0 spiro atoms. The lowest BCUT2D eigenvalue weighted by molar-refractivity contribution is 0.111. The average Bonchev–Trinajstić information content (AvgIpc) is 2.80. The lowest BCUT2D eigenvalue weighted by Gasteiger charge is -2.28. The highest BCUT2D eigenvalue weighted by Crippen LogP contribution is 2.24. The number of hydrogen-bond donors (Lipinski definition) is 1. The highest BCUT2D eigenvalue weighted by Gasteiger charge is 2.20. The molecule has 0 aromatic carbocycles. The van der Waals surface area contributed by atoms with Crippen LogP contribution in [0, 0.1) is 0 Å². The maximum Gasteiger partial charge on any atom is 0.244 e. The zero-order chi connectivity index (χ0) is 12.5. The number of hydrogen-bond acceptors (Lipinski definition) is 5. The van der Waals surface area contributed by atoms with Gasteiger partial charge >= 0.3 is 0 Å². The van der Waals surface area contributed by atoms with Gasteiger partial charge in [0.25, 0.3) is 0 Å². The van der Waals surface area contributed by atoms with E-state index in [2.05, 4.69) is 31.9 Å². The van der Waals surface area contributed by atoms with Crippen molar-refractivity contribution in [2.75, 3.05) is 20.1 Å². The van der Waals surface area contributed by atoms with Gasteiger partial charge in [-0.3, -0.25) is 0 Å². The van der Waals surface area contributed by atoms with Crippen molar-refractivity contribution in [1.29, 1.82) is 0 Å². The first-order valence-corrected chi connectivity index (χ1v) is 6.32. The van der Waals surface area contributed by atoms with Crippen LogP contribution < -0.4 is 4.74 Å². The van der Waals surface area contributed by atoms with E-state index in [0.717, 1.165) is 25.9 Å². The Balaban J connectivity index is 1.83. The quantitative estimate of drug-likeness (QED) is 0.835. The summed E-state index contributed by atoms with van der Waals surface area (Å²) in [5.74, 6) is 0.497. The maximum atomic E-state index is 5.92. The average molecular weight is 268 g/mol. The van der Waals surface area contributed by atoms with Gasteiger partial charge in [-0.25, -0.2) is 4.98 Å². The van der Waals surface area contributed by atoms with Crippen LogP contribution in [0.2, 0.25) is 5.28 Å². The van der Waals surface area contributed by atoms with Crippen LogP contribution in [0.3, 0.4) is 0 Å². The fourth-order valence-electron chi connectivity index (χ4n) is 2.13. The molecule has 1 fully saturated rings. The summed E-state index contributed by atoms with van der Waals surface area (Å²) in [6.45, 7) is 2.07. The largest absolute Gasteiger partial charge is 0.473 e. The number of nitrogens with one attached hydrogen (secondary N) is 1. The molecule has 6 nitrogen and oxygen atoms in total. The Labute approximate surface area is 109 Å². The number of nitrogens with zero attached hydrogens (tertiary/aromatic N) is 4. The second-order valence-electron chi connectivity index (χ2n) is 4.52. The molecule has 1 saturated heterocycles. The van der Waals surface area contributed by atoms with Gasteiger partial charge in [-0.15, -0.1) is 0 Å². The fourth-order valence-corrected chi connectivity index (χ4v) is 2.28. The fraction of sp³-hybridized carbons (Fsp3) is 0.545. The summed E-state index contributed by atoms with van der Waals surface area (Å²) in [5, 5.41) is 0.164. The van der Waals surface area contributed by atoms with Gasteiger partial charge < -0.3 is 14.6 Å². The van der Waals surface area contributed by atoms with Gasteiger partial charge in [-0.1, -0.05) is 0 Å². The van der Waals surface area contributed by atoms with E-state index in [0.29, 0.717) is 17.0 Å². The molecule has 7 heteroatoms. The van der Waals surface area contributed by atoms with E-state index in [4.69, 9.17) is 16.3 Å². The Morgan fingerprint density at radius 3 is 2.94 bits per heavy atom. The molecule has 3 heterocycles. The van der Waals surface area contributed by atoms with Crippen molar-refractivity contribution in [3.63, 3.8) is 0 Å². The van der Waals surface area contributed by atoms with Crippen LogP contribution in [-0.2, 0) is 0 Å². The number of H-pyrrole nitrogens is 1. The summed E-state index contributed by atoms with van der Waals surface area (Å²) in [6, 6.07) is 0. The normalized spacial score (nSPS) is 18.3. The van der Waals surface area contributed by atoms with Crippen molar-refractivity contribution in [2.24, 2.45) is 0 Å². The molecule has 2 aromatic rings. The minimum Gasteiger partial charge on any atom is -0.473 e. The summed E-state index contributed by atoms with van der Waals surface area (Å²) >= 11 is 5.86. The highest BCUT2D eigenvalue weighted by molar-refractivity contribution is 6.28. The van der Waals surface area contributed by atoms with Crippen molar-refractivity contribution in [3.8, 4) is 5.88 Å². The summed E-state index contributed by atoms with van der Waals surface area (Å²) in [4.78, 5) is 17.5. The third-order valence-electron chi connectivity index (χ3n) is 3.17. The summed E-state index contributed by atoms with van der Waals surface area (Å²) in [5.41, 5.74) is 1.25. The molecule has 0 amide bonds. The number of rotatable bonds is 2. The second kappa shape index (κ2) is 4.70. The second-order valence-corrected chi connectivity index (χ2v) is 4.86. The topological polar surface area (TPSA) is 66.9 Å². The lowest BCUT2D eigenvalue weighted by Crippen LogP contribution is -2.35. The molecule has 1 aliphatic rings. The first-order chi connectivity index (χ1) is 8.72. The van der Waals surface area contributed by atoms with Gasteiger partial charge in [-0.05, 0) is 31.5 Å². The predicted molar refractivity (Wildman–Crippen MR) is 67.8 cm³/mol. The number of aromatic nitrogens is 4. The number of likely N-dealkylation sites (tertiary alicyclic amines) is 1. The van der Waals surface area contributed by atoms with Crippen LogP contribution in [0.15, 0.2) is 6.33 Å². The molecular weight excluding hydrogens is 254 g/mol. The molecular formula is C11H14ClN5O. The summed E-state index contributed by atoms with van der Waals surface area (Å²) in [6.07, 6.45) is 3.73. The zero-order valence-electron chi connectivity index (χ0n) is 10.1. The number of imidazole rings is 1. The van der Waals surface area contributed by atoms with E-state index in [9.17, 15) is 0 Å². The Morgan fingerprint density at radius 1 is 1.39 bits per heavy atom. The van der Waals surface area contributed by atoms with E-state index in [1.165, 1.54) is 0 Å². The van der Waals surface area contributed by atoms with Crippen molar-refractivity contribution in [2.45, 2.75) is 18.9 Å². The van der Waals surface area contributed by atoms with E-state index < -0.39 is 0 Å². The van der Waals surface area contributed by atoms with Crippen LogP contribution in [0.5, 0.6) is 5.88 Å². The predicted octanol–water partition coefficient (Wildman–Crippen LogP) is 1.48. The van der Waals surface area contributed by atoms with E-state index in [-0.39, 0.29) is 11.4 Å². The smallest absolute Gasteiger partial charge is 0.244 e. The molecule has 0 saturated carbocycles. The monoisotopic (exact) mass is 267 g/mol. The van der Waals surface area contributed by atoms with Crippen molar-refractivity contribution in [3.05, 3.63) is 11.6 Å². The molecule has 2 aromatic heterocycles. The van der Waals surface area contributed by atoms with E-state index >= 15 is 0 Å². The molecule has 1 N–H and O–H groups in total. The molecule has 0 radical (unpaired) electrons. The molecule has 0 atom stereocenters. The van der Waals surface area contributed by atoms with Crippen LogP contribution in [0.4, 0.5) is 0 Å². The summed E-state index contributed by atoms with van der Waals surface area (Å²) < 4.78 is 5.92. The van der Waals surface area contributed by atoms with Gasteiger partial charge in [0.1, 0.15) is 11.6 Å². The molecule has 0 bridgehead atoms. The minimum atomic E-state index is 0.164. The van der Waals surface area contributed by atoms with Crippen LogP contribution in [0.25, 0.3) is 11.2 Å². The number of aromatic amines is 1. The lowest BCUT2D eigenvalue weighted by atomic mass is 10.1. The molecule has 0 unspecified atom stereocenters. The Bertz CT molecular complexity index is 549. The molecule has 0 aliphatic carbocycles. The Hall–Kier alpha value is -1.40. The van der Waals surface area contributed by atoms with Gasteiger partial charge in [0.05, 0.1) is 6.33 Å². The van der Waals surface area contributed by atoms with Crippen LogP contribution >= 0.6 is 11.6 Å². The first kappa shape index (κ1) is 11.7. The van der Waals surface area contributed by atoms with Crippen molar-refractivity contribution < 1.29 is 4.74 Å². The number of halogens is 1. The molecule has 1 aliphatic heterocycles. The Morgan fingerprint density at radius 2 is 2.17 bits per heavy atom. The van der Waals surface area contributed by atoms with E-state index in [1.54, 1.807) is 6.33 Å². The number of piperidine rings is 1. The molecule has 18 heavy (non-hydrogen) atoms. The number of ether oxygens (including phenoxy) is 1. The summed E-state index contributed by atoms with van der Waals surface area (Å²) in [7, 11) is 2.12. The van der Waals surface area contributed by atoms with Crippen molar-refractivity contribution in [1.82, 2.24) is 24.8 Å². The van der Waals surface area contributed by atoms with Crippen molar-refractivity contribution >= 4 is 22.8 Å². The minimum absolute atomic E-state index is 0.164. The van der Waals surface area contributed by atoms with Crippen LogP contribution in [-0.4, -0.2) is 51.1 Å². The van der Waals surface area contributed by atoms with Gasteiger partial charge in [0.15, 0.2) is 5.65 Å². The van der Waals surface area contributed by atoms with Gasteiger partial charge in [0, 0.05) is 13.1 Å². The number of fused-ring (bicyclic) bond motifs is 1. The van der Waals surface area contributed by atoms with E-state index in [1.807, 2.05) is 0 Å². The zero-order valence-corrected chi connectivity index (χ0v) is 10.8. The van der Waals surface area contributed by atoms with Gasteiger partial charge in [-0.2, -0.15) is 9.97 Å². The third kappa shape index (κ3) is 2.26. The highest BCUT2D eigenvalue weighted by atomic mass is 35.5.